The number of benzene rings is 1. The molecule has 2 N–H and O–H groups in total. The Morgan fingerprint density at radius 2 is 2.29 bits per heavy atom. The van der Waals surface area contributed by atoms with Gasteiger partial charge in [-0.3, -0.25) is 9.89 Å². The minimum atomic E-state index is 0.403. The van der Waals surface area contributed by atoms with Crippen LogP contribution in [0, 0.1) is 5.92 Å². The molecule has 1 heterocycles. The van der Waals surface area contributed by atoms with Gasteiger partial charge in [0.25, 0.3) is 0 Å². The molecule has 0 bridgehead atoms. The molecule has 1 aliphatic heterocycles. The number of nitrogens with zero attached hydrogens (tertiary/aromatic N) is 2. The fourth-order valence-corrected chi connectivity index (χ4v) is 3.40. The molecular weight excluding hydrogens is 284 g/mol. The second kappa shape index (κ2) is 7.66. The summed E-state index contributed by atoms with van der Waals surface area (Å²) in [6.07, 6.45) is 2.45. The van der Waals surface area contributed by atoms with Crippen LogP contribution in [0.4, 0.5) is 0 Å². The van der Waals surface area contributed by atoms with E-state index in [2.05, 4.69) is 39.7 Å². The van der Waals surface area contributed by atoms with Gasteiger partial charge in [0.2, 0.25) is 0 Å². The molecular formula is C16H25ClN4. The minimum Gasteiger partial charge on any atom is -0.359 e. The second-order valence-corrected chi connectivity index (χ2v) is 6.02. The predicted octanol–water partition coefficient (Wildman–Crippen LogP) is 2.52. The van der Waals surface area contributed by atoms with Crippen molar-refractivity contribution in [2.45, 2.75) is 18.9 Å². The number of halogens is 1. The normalized spacial score (nSPS) is 23.9. The van der Waals surface area contributed by atoms with Crippen LogP contribution in [-0.4, -0.2) is 45.1 Å². The van der Waals surface area contributed by atoms with Crippen molar-refractivity contribution in [1.82, 2.24) is 15.5 Å². The van der Waals surface area contributed by atoms with Crippen LogP contribution in [0.15, 0.2) is 29.3 Å². The fourth-order valence-electron chi connectivity index (χ4n) is 3.20. The first-order valence-electron chi connectivity index (χ1n) is 7.49. The number of hydrogen-bond acceptors (Lipinski definition) is 2. The first kappa shape index (κ1) is 16.1. The van der Waals surface area contributed by atoms with Crippen LogP contribution in [0.1, 0.15) is 24.4 Å². The number of hydrogen-bond donors (Lipinski definition) is 2. The van der Waals surface area contributed by atoms with Crippen LogP contribution in [0.3, 0.4) is 0 Å². The molecule has 0 saturated carbocycles. The highest BCUT2D eigenvalue weighted by Gasteiger charge is 2.30. The highest BCUT2D eigenvalue weighted by molar-refractivity contribution is 6.30. The van der Waals surface area contributed by atoms with Crippen molar-refractivity contribution in [2.24, 2.45) is 10.9 Å². The highest BCUT2D eigenvalue weighted by Crippen LogP contribution is 2.35. The molecule has 1 aromatic rings. The Morgan fingerprint density at radius 3 is 2.95 bits per heavy atom. The predicted molar refractivity (Wildman–Crippen MR) is 90.0 cm³/mol. The lowest BCUT2D eigenvalue weighted by molar-refractivity contribution is 0.122. The monoisotopic (exact) mass is 308 g/mol. The van der Waals surface area contributed by atoms with Crippen molar-refractivity contribution < 1.29 is 0 Å². The molecule has 1 saturated heterocycles. The molecule has 1 aromatic carbocycles. The third-order valence-corrected chi connectivity index (χ3v) is 4.42. The van der Waals surface area contributed by atoms with Gasteiger partial charge in [-0.2, -0.15) is 0 Å². The van der Waals surface area contributed by atoms with E-state index in [0.29, 0.717) is 12.0 Å². The van der Waals surface area contributed by atoms with E-state index in [9.17, 15) is 0 Å². The lowest BCUT2D eigenvalue weighted by Gasteiger charge is -2.40. The molecule has 4 nitrogen and oxygen atoms in total. The van der Waals surface area contributed by atoms with Gasteiger partial charge >= 0.3 is 0 Å². The third kappa shape index (κ3) is 4.11. The largest absolute Gasteiger partial charge is 0.359 e. The van der Waals surface area contributed by atoms with Gasteiger partial charge in [0.05, 0.1) is 0 Å². The zero-order valence-electron chi connectivity index (χ0n) is 13.1. The van der Waals surface area contributed by atoms with E-state index in [1.165, 1.54) is 18.4 Å². The smallest absolute Gasteiger partial charge is 0.190 e. The number of aliphatic imine (C=N–C) groups is 1. The Hall–Kier alpha value is -1.26. The summed E-state index contributed by atoms with van der Waals surface area (Å²) in [6, 6.07) is 8.65. The molecule has 2 atom stereocenters. The van der Waals surface area contributed by atoms with Crippen molar-refractivity contribution in [3.63, 3.8) is 0 Å². The van der Waals surface area contributed by atoms with Crippen molar-refractivity contribution in [2.75, 3.05) is 34.2 Å². The SMILES string of the molecule is CN=C(NC)NCC1CCCN(C)C1c1cccc(Cl)c1. The second-order valence-electron chi connectivity index (χ2n) is 5.59. The van der Waals surface area contributed by atoms with Gasteiger partial charge in [0.1, 0.15) is 0 Å². The molecule has 116 valence electrons. The minimum absolute atomic E-state index is 0.403. The number of likely N-dealkylation sites (tertiary alicyclic amines) is 1. The number of nitrogens with one attached hydrogen (secondary N) is 2. The summed E-state index contributed by atoms with van der Waals surface area (Å²) in [4.78, 5) is 6.62. The zero-order chi connectivity index (χ0) is 15.2. The third-order valence-electron chi connectivity index (χ3n) is 4.19. The number of rotatable bonds is 3. The number of guanidine groups is 1. The molecule has 0 radical (unpaired) electrons. The van der Waals surface area contributed by atoms with Gasteiger partial charge in [-0.05, 0) is 50.0 Å². The first-order chi connectivity index (χ1) is 10.2. The van der Waals surface area contributed by atoms with Crippen LogP contribution in [-0.2, 0) is 0 Å². The van der Waals surface area contributed by atoms with E-state index in [1.54, 1.807) is 7.05 Å². The average Bonchev–Trinajstić information content (AvgIpc) is 2.48. The molecule has 2 unspecified atom stereocenters. The topological polar surface area (TPSA) is 39.7 Å². The highest BCUT2D eigenvalue weighted by atomic mass is 35.5. The van der Waals surface area contributed by atoms with Crippen LogP contribution < -0.4 is 10.6 Å². The molecule has 5 heteroatoms. The van der Waals surface area contributed by atoms with E-state index in [0.717, 1.165) is 24.1 Å². The molecule has 0 spiro atoms. The average molecular weight is 309 g/mol. The van der Waals surface area contributed by atoms with Crippen molar-refractivity contribution in [3.05, 3.63) is 34.9 Å². The molecule has 1 fully saturated rings. The van der Waals surface area contributed by atoms with Gasteiger partial charge in [-0.15, -0.1) is 0 Å². The fraction of sp³-hybridized carbons (Fsp3) is 0.562. The summed E-state index contributed by atoms with van der Waals surface area (Å²) in [5.41, 5.74) is 1.30. The Labute approximate surface area is 132 Å². The molecule has 21 heavy (non-hydrogen) atoms. The molecule has 1 aliphatic rings. The van der Waals surface area contributed by atoms with Gasteiger partial charge in [-0.25, -0.2) is 0 Å². The van der Waals surface area contributed by atoms with Crippen molar-refractivity contribution in [3.8, 4) is 0 Å². The summed E-state index contributed by atoms with van der Waals surface area (Å²) < 4.78 is 0. The molecule has 2 rings (SSSR count). The van der Waals surface area contributed by atoms with Gasteiger partial charge in [-0.1, -0.05) is 23.7 Å². The molecule has 0 amide bonds. The lowest BCUT2D eigenvalue weighted by atomic mass is 9.85. The van der Waals surface area contributed by atoms with Gasteiger partial charge in [0.15, 0.2) is 5.96 Å². The molecule has 0 aromatic heterocycles. The van der Waals surface area contributed by atoms with E-state index < -0.39 is 0 Å². The summed E-state index contributed by atoms with van der Waals surface area (Å²) in [5.74, 6) is 1.39. The van der Waals surface area contributed by atoms with Crippen LogP contribution in [0.5, 0.6) is 0 Å². The Kier molecular flexibility index (Phi) is 5.88. The van der Waals surface area contributed by atoms with Crippen LogP contribution in [0.2, 0.25) is 5.02 Å². The maximum absolute atomic E-state index is 6.17. The number of piperidine rings is 1. The first-order valence-corrected chi connectivity index (χ1v) is 7.87. The van der Waals surface area contributed by atoms with E-state index in [1.807, 2.05) is 19.2 Å². The van der Waals surface area contributed by atoms with Crippen molar-refractivity contribution >= 4 is 17.6 Å². The van der Waals surface area contributed by atoms with E-state index in [4.69, 9.17) is 11.6 Å². The summed E-state index contributed by atoms with van der Waals surface area (Å²) in [7, 11) is 5.88. The Balaban J connectivity index is 2.13. The van der Waals surface area contributed by atoms with Crippen LogP contribution in [0.25, 0.3) is 0 Å². The molecule has 0 aliphatic carbocycles. The summed E-state index contributed by atoms with van der Waals surface area (Å²) in [5, 5.41) is 7.28. The summed E-state index contributed by atoms with van der Waals surface area (Å²) in [6.45, 7) is 2.05. The maximum atomic E-state index is 6.17. The van der Waals surface area contributed by atoms with Gasteiger partial charge < -0.3 is 10.6 Å². The summed E-state index contributed by atoms with van der Waals surface area (Å²) >= 11 is 6.17. The van der Waals surface area contributed by atoms with Crippen molar-refractivity contribution in [1.29, 1.82) is 0 Å². The lowest BCUT2D eigenvalue weighted by Crippen LogP contribution is -2.44. The zero-order valence-corrected chi connectivity index (χ0v) is 13.8. The van der Waals surface area contributed by atoms with Gasteiger partial charge in [0, 0.05) is 31.7 Å². The Morgan fingerprint density at radius 1 is 1.48 bits per heavy atom. The maximum Gasteiger partial charge on any atom is 0.190 e. The quantitative estimate of drug-likeness (QED) is 0.666. The standard InChI is InChI=1S/C16H25ClN4/c1-18-16(19-2)20-11-13-7-5-9-21(3)15(13)12-6-4-8-14(17)10-12/h4,6,8,10,13,15H,5,7,9,11H2,1-3H3,(H2,18,19,20). The Bertz CT molecular complexity index is 489. The van der Waals surface area contributed by atoms with E-state index >= 15 is 0 Å². The van der Waals surface area contributed by atoms with Crippen LogP contribution >= 0.6 is 11.6 Å². The van der Waals surface area contributed by atoms with E-state index in [-0.39, 0.29) is 0 Å².